The normalized spacial score (nSPS) is 10.6. The van der Waals surface area contributed by atoms with Crippen LogP contribution in [0.1, 0.15) is 10.4 Å². The summed E-state index contributed by atoms with van der Waals surface area (Å²) in [5.74, 6) is 0. The molecule has 0 aliphatic rings. The van der Waals surface area contributed by atoms with Gasteiger partial charge in [-0.2, -0.15) is 0 Å². The SMILES string of the molecule is O=C(Cl)c1ccc2nc(Cl)sc2c1. The van der Waals surface area contributed by atoms with E-state index in [1.54, 1.807) is 18.2 Å². The van der Waals surface area contributed by atoms with Gasteiger partial charge in [-0.3, -0.25) is 4.79 Å². The van der Waals surface area contributed by atoms with Crippen LogP contribution in [-0.2, 0) is 0 Å². The van der Waals surface area contributed by atoms with Crippen molar-refractivity contribution in [2.75, 3.05) is 0 Å². The zero-order valence-electron chi connectivity index (χ0n) is 6.25. The minimum atomic E-state index is -0.466. The molecule has 2 nitrogen and oxygen atoms in total. The van der Waals surface area contributed by atoms with Gasteiger partial charge in [-0.1, -0.05) is 11.6 Å². The standard InChI is InChI=1S/C8H3Cl2NOS/c9-7(12)4-1-2-5-6(3-4)13-8(10)11-5/h1-3H. The summed E-state index contributed by atoms with van der Waals surface area (Å²) in [4.78, 5) is 14.9. The van der Waals surface area contributed by atoms with Gasteiger partial charge in [0.05, 0.1) is 10.2 Å². The van der Waals surface area contributed by atoms with E-state index in [1.807, 2.05) is 0 Å². The summed E-state index contributed by atoms with van der Waals surface area (Å²) >= 11 is 12.4. The summed E-state index contributed by atoms with van der Waals surface area (Å²) in [7, 11) is 0. The summed E-state index contributed by atoms with van der Waals surface area (Å²) in [6.45, 7) is 0. The molecule has 5 heteroatoms. The van der Waals surface area contributed by atoms with Crippen molar-refractivity contribution in [1.29, 1.82) is 0 Å². The molecule has 1 aromatic carbocycles. The molecule has 0 aliphatic carbocycles. The fourth-order valence-corrected chi connectivity index (χ4v) is 2.21. The third kappa shape index (κ3) is 1.68. The molecule has 0 spiro atoms. The first kappa shape index (κ1) is 8.94. The fraction of sp³-hybridized carbons (Fsp3) is 0. The molecule has 0 saturated carbocycles. The maximum Gasteiger partial charge on any atom is 0.252 e. The lowest BCUT2D eigenvalue weighted by molar-refractivity contribution is 0.108. The second kappa shape index (κ2) is 3.25. The Bertz CT molecular complexity index is 480. The lowest BCUT2D eigenvalue weighted by Gasteiger charge is -1.91. The summed E-state index contributed by atoms with van der Waals surface area (Å²) < 4.78 is 1.34. The second-order valence-electron chi connectivity index (χ2n) is 2.42. The molecule has 0 saturated heterocycles. The van der Waals surface area contributed by atoms with Crippen LogP contribution < -0.4 is 0 Å². The number of hydrogen-bond acceptors (Lipinski definition) is 3. The van der Waals surface area contributed by atoms with Crippen LogP contribution in [0.2, 0.25) is 4.47 Å². The van der Waals surface area contributed by atoms with Crippen molar-refractivity contribution in [1.82, 2.24) is 4.98 Å². The fourth-order valence-electron chi connectivity index (χ4n) is 1.02. The van der Waals surface area contributed by atoms with E-state index in [9.17, 15) is 4.79 Å². The quantitative estimate of drug-likeness (QED) is 0.706. The lowest BCUT2D eigenvalue weighted by Crippen LogP contribution is -1.86. The summed E-state index contributed by atoms with van der Waals surface area (Å²) in [5, 5.41) is -0.466. The maximum absolute atomic E-state index is 10.8. The predicted octanol–water partition coefficient (Wildman–Crippen LogP) is 3.33. The molecule has 66 valence electrons. The van der Waals surface area contributed by atoms with Crippen molar-refractivity contribution in [3.05, 3.63) is 28.2 Å². The van der Waals surface area contributed by atoms with Gasteiger partial charge >= 0.3 is 0 Å². The topological polar surface area (TPSA) is 30.0 Å². The number of thiazole rings is 1. The Morgan fingerprint density at radius 1 is 1.46 bits per heavy atom. The Labute approximate surface area is 88.1 Å². The zero-order chi connectivity index (χ0) is 9.42. The van der Waals surface area contributed by atoms with Gasteiger partial charge in [0.15, 0.2) is 4.47 Å². The maximum atomic E-state index is 10.8. The molecule has 0 unspecified atom stereocenters. The highest BCUT2D eigenvalue weighted by molar-refractivity contribution is 7.22. The molecule has 0 fully saturated rings. The molecule has 0 atom stereocenters. The number of carbonyl (C=O) groups is 1. The molecule has 0 aliphatic heterocycles. The molecule has 0 bridgehead atoms. The van der Waals surface area contributed by atoms with Gasteiger partial charge in [-0.25, -0.2) is 4.98 Å². The Morgan fingerprint density at radius 2 is 2.23 bits per heavy atom. The molecule has 0 amide bonds. The van der Waals surface area contributed by atoms with E-state index in [2.05, 4.69) is 4.98 Å². The molecule has 0 radical (unpaired) electrons. The van der Waals surface area contributed by atoms with E-state index in [1.165, 1.54) is 11.3 Å². The number of rotatable bonds is 1. The monoisotopic (exact) mass is 231 g/mol. The number of benzene rings is 1. The van der Waals surface area contributed by atoms with Crippen molar-refractivity contribution in [3.8, 4) is 0 Å². The van der Waals surface area contributed by atoms with Gasteiger partial charge in [-0.15, -0.1) is 11.3 Å². The predicted molar refractivity (Wildman–Crippen MR) is 54.8 cm³/mol. The van der Waals surface area contributed by atoms with Crippen molar-refractivity contribution < 1.29 is 4.79 Å². The van der Waals surface area contributed by atoms with E-state index in [4.69, 9.17) is 23.2 Å². The van der Waals surface area contributed by atoms with Crippen LogP contribution in [0.5, 0.6) is 0 Å². The van der Waals surface area contributed by atoms with Crippen LogP contribution in [0.4, 0.5) is 0 Å². The molecular weight excluding hydrogens is 229 g/mol. The summed E-state index contributed by atoms with van der Waals surface area (Å²) in [6.07, 6.45) is 0. The van der Waals surface area contributed by atoms with E-state index < -0.39 is 5.24 Å². The third-order valence-electron chi connectivity index (χ3n) is 1.59. The number of aromatic nitrogens is 1. The molecule has 13 heavy (non-hydrogen) atoms. The summed E-state index contributed by atoms with van der Waals surface area (Å²) in [6, 6.07) is 5.05. The van der Waals surface area contributed by atoms with E-state index >= 15 is 0 Å². The average Bonchev–Trinajstić information content (AvgIpc) is 2.42. The Hall–Kier alpha value is -0.640. The minimum absolute atomic E-state index is 0.466. The number of hydrogen-bond donors (Lipinski definition) is 0. The van der Waals surface area contributed by atoms with Crippen LogP contribution in [0.15, 0.2) is 18.2 Å². The van der Waals surface area contributed by atoms with Gasteiger partial charge in [0.25, 0.3) is 5.24 Å². The van der Waals surface area contributed by atoms with Crippen molar-refractivity contribution >= 4 is 50.0 Å². The van der Waals surface area contributed by atoms with Crippen LogP contribution in [0.3, 0.4) is 0 Å². The largest absolute Gasteiger partial charge is 0.276 e. The van der Waals surface area contributed by atoms with E-state index in [0.717, 1.165) is 10.2 Å². The van der Waals surface area contributed by atoms with Crippen LogP contribution >= 0.6 is 34.5 Å². The highest BCUT2D eigenvalue weighted by atomic mass is 35.5. The first-order valence-corrected chi connectivity index (χ1v) is 5.00. The highest BCUT2D eigenvalue weighted by Crippen LogP contribution is 2.26. The van der Waals surface area contributed by atoms with Gasteiger partial charge in [-0.05, 0) is 29.8 Å². The molecule has 1 heterocycles. The van der Waals surface area contributed by atoms with Crippen LogP contribution in [0.25, 0.3) is 10.2 Å². The van der Waals surface area contributed by atoms with Gasteiger partial charge in [0.2, 0.25) is 0 Å². The number of carbonyl (C=O) groups excluding carboxylic acids is 1. The number of nitrogens with zero attached hydrogens (tertiary/aromatic N) is 1. The van der Waals surface area contributed by atoms with E-state index in [-0.39, 0.29) is 0 Å². The van der Waals surface area contributed by atoms with Gasteiger partial charge in [0, 0.05) is 5.56 Å². The molecule has 2 rings (SSSR count). The van der Waals surface area contributed by atoms with Crippen molar-refractivity contribution in [3.63, 3.8) is 0 Å². The van der Waals surface area contributed by atoms with Crippen molar-refractivity contribution in [2.24, 2.45) is 0 Å². The number of fused-ring (bicyclic) bond motifs is 1. The lowest BCUT2D eigenvalue weighted by atomic mass is 10.2. The Morgan fingerprint density at radius 3 is 2.92 bits per heavy atom. The van der Waals surface area contributed by atoms with Gasteiger partial charge < -0.3 is 0 Å². The first-order valence-electron chi connectivity index (χ1n) is 3.43. The van der Waals surface area contributed by atoms with Crippen LogP contribution in [-0.4, -0.2) is 10.2 Å². The molecule has 2 aromatic rings. The average molecular weight is 232 g/mol. The number of halogens is 2. The second-order valence-corrected chi connectivity index (χ2v) is 4.38. The molecule has 0 N–H and O–H groups in total. The minimum Gasteiger partial charge on any atom is -0.276 e. The Balaban J connectivity index is 2.67. The Kier molecular flexibility index (Phi) is 2.24. The zero-order valence-corrected chi connectivity index (χ0v) is 8.58. The van der Waals surface area contributed by atoms with Crippen LogP contribution in [0, 0.1) is 0 Å². The summed E-state index contributed by atoms with van der Waals surface area (Å²) in [5.41, 5.74) is 1.26. The molecular formula is C8H3Cl2NOS. The third-order valence-corrected chi connectivity index (χ3v) is 2.93. The smallest absolute Gasteiger partial charge is 0.252 e. The first-order chi connectivity index (χ1) is 6.16. The van der Waals surface area contributed by atoms with Gasteiger partial charge in [0.1, 0.15) is 0 Å². The van der Waals surface area contributed by atoms with E-state index in [0.29, 0.717) is 10.0 Å². The van der Waals surface area contributed by atoms with Crippen molar-refractivity contribution in [2.45, 2.75) is 0 Å². The highest BCUT2D eigenvalue weighted by Gasteiger charge is 2.05. The molecule has 1 aromatic heterocycles.